The Kier molecular flexibility index (Phi) is 6.86. The lowest BCUT2D eigenvalue weighted by molar-refractivity contribution is 0.0570. The zero-order valence-electron chi connectivity index (χ0n) is 16.0. The number of aromatic nitrogens is 1. The maximum absolute atomic E-state index is 12.8. The molecule has 1 aromatic rings. The van der Waals surface area contributed by atoms with Crippen LogP contribution in [0.15, 0.2) is 18.3 Å². The average molecular weight is 361 g/mol. The molecule has 2 saturated heterocycles. The van der Waals surface area contributed by atoms with E-state index in [9.17, 15) is 4.79 Å². The number of amides is 1. The molecular weight excluding hydrogens is 330 g/mol. The van der Waals surface area contributed by atoms with Crippen LogP contribution in [-0.4, -0.2) is 69.4 Å². The van der Waals surface area contributed by atoms with E-state index < -0.39 is 0 Å². The molecule has 3 rings (SSSR count). The van der Waals surface area contributed by atoms with Crippen molar-refractivity contribution >= 4 is 11.7 Å². The molecule has 0 N–H and O–H groups in total. The fourth-order valence-corrected chi connectivity index (χ4v) is 4.07. The predicted molar refractivity (Wildman–Crippen MR) is 102 cm³/mol. The number of carbonyl (C=O) groups is 1. The van der Waals surface area contributed by atoms with Gasteiger partial charge in [-0.05, 0) is 49.7 Å². The molecule has 6 heteroatoms. The van der Waals surface area contributed by atoms with Crippen LogP contribution >= 0.6 is 0 Å². The second-order valence-corrected chi connectivity index (χ2v) is 7.51. The highest BCUT2D eigenvalue weighted by Crippen LogP contribution is 2.23. The van der Waals surface area contributed by atoms with E-state index in [0.717, 1.165) is 70.9 Å². The van der Waals surface area contributed by atoms with Crippen molar-refractivity contribution in [3.8, 4) is 0 Å². The van der Waals surface area contributed by atoms with Crippen molar-refractivity contribution in [2.45, 2.75) is 25.7 Å². The fourth-order valence-electron chi connectivity index (χ4n) is 4.07. The highest BCUT2D eigenvalue weighted by Gasteiger charge is 2.25. The normalized spacial score (nSPS) is 21.8. The van der Waals surface area contributed by atoms with Gasteiger partial charge in [0.2, 0.25) is 0 Å². The summed E-state index contributed by atoms with van der Waals surface area (Å²) in [6, 6.07) is 3.91. The number of nitrogens with zero attached hydrogens (tertiary/aromatic N) is 3. The summed E-state index contributed by atoms with van der Waals surface area (Å²) in [5, 5.41) is 0. The van der Waals surface area contributed by atoms with Crippen LogP contribution in [0.25, 0.3) is 0 Å². The maximum Gasteiger partial charge on any atom is 0.255 e. The number of carbonyl (C=O) groups excluding carboxylic acids is 1. The van der Waals surface area contributed by atoms with E-state index in [1.807, 2.05) is 17.0 Å². The molecule has 6 nitrogen and oxygen atoms in total. The smallest absolute Gasteiger partial charge is 0.255 e. The molecule has 0 saturated carbocycles. The first kappa shape index (κ1) is 19.1. The summed E-state index contributed by atoms with van der Waals surface area (Å²) in [6.45, 7) is 5.17. The second-order valence-electron chi connectivity index (χ2n) is 7.51. The van der Waals surface area contributed by atoms with E-state index >= 15 is 0 Å². The molecule has 3 heterocycles. The average Bonchev–Trinajstić information content (AvgIpc) is 2.69. The third kappa shape index (κ3) is 4.74. The number of hydrogen-bond donors (Lipinski definition) is 0. The lowest BCUT2D eigenvalue weighted by Crippen LogP contribution is -2.41. The minimum Gasteiger partial charge on any atom is -0.384 e. The van der Waals surface area contributed by atoms with Gasteiger partial charge in [0.05, 0.1) is 12.2 Å². The van der Waals surface area contributed by atoms with E-state index in [0.29, 0.717) is 17.4 Å². The van der Waals surface area contributed by atoms with Crippen molar-refractivity contribution < 1.29 is 14.3 Å². The Hall–Kier alpha value is -1.66. The Morgan fingerprint density at radius 3 is 2.46 bits per heavy atom. The first-order valence-electron chi connectivity index (χ1n) is 9.69. The van der Waals surface area contributed by atoms with Crippen molar-refractivity contribution in [3.63, 3.8) is 0 Å². The number of hydrogen-bond acceptors (Lipinski definition) is 5. The van der Waals surface area contributed by atoms with E-state index in [4.69, 9.17) is 9.47 Å². The Morgan fingerprint density at radius 2 is 1.81 bits per heavy atom. The van der Waals surface area contributed by atoms with Gasteiger partial charge in [-0.3, -0.25) is 4.79 Å². The van der Waals surface area contributed by atoms with Gasteiger partial charge >= 0.3 is 0 Å². The molecule has 2 fully saturated rings. The van der Waals surface area contributed by atoms with Crippen molar-refractivity contribution in [1.82, 2.24) is 9.88 Å². The molecule has 2 aliphatic rings. The Bertz CT molecular complexity index is 568. The van der Waals surface area contributed by atoms with Crippen LogP contribution in [0.2, 0.25) is 0 Å². The third-order valence-corrected chi connectivity index (χ3v) is 5.54. The van der Waals surface area contributed by atoms with Crippen molar-refractivity contribution in [2.24, 2.45) is 11.8 Å². The Labute approximate surface area is 156 Å². The molecule has 0 spiro atoms. The predicted octanol–water partition coefficient (Wildman–Crippen LogP) is 2.44. The van der Waals surface area contributed by atoms with E-state index in [2.05, 4.69) is 9.88 Å². The molecule has 0 aliphatic carbocycles. The minimum absolute atomic E-state index is 0.0867. The van der Waals surface area contributed by atoms with Gasteiger partial charge in [-0.2, -0.15) is 0 Å². The Morgan fingerprint density at radius 1 is 1.08 bits per heavy atom. The zero-order valence-corrected chi connectivity index (χ0v) is 16.0. The minimum atomic E-state index is 0.0867. The largest absolute Gasteiger partial charge is 0.384 e. The number of likely N-dealkylation sites (tertiary alicyclic amines) is 1. The van der Waals surface area contributed by atoms with Crippen LogP contribution in [-0.2, 0) is 9.47 Å². The van der Waals surface area contributed by atoms with Crippen molar-refractivity contribution in [2.75, 3.05) is 58.5 Å². The van der Waals surface area contributed by atoms with Crippen molar-refractivity contribution in [3.05, 3.63) is 23.9 Å². The van der Waals surface area contributed by atoms with Gasteiger partial charge in [0.25, 0.3) is 5.91 Å². The van der Waals surface area contributed by atoms with Gasteiger partial charge in [-0.15, -0.1) is 0 Å². The Balaban J connectivity index is 1.56. The number of rotatable bonds is 6. The SMILES string of the molecule is COCC1CCN(c2ccc(C(=O)N3CCC[C@H](COC)C3)cn2)CC1. The number of piperidine rings is 2. The standard InChI is InChI=1S/C20H31N3O3/c1-25-14-16-7-10-22(11-8-16)19-6-5-18(12-21-19)20(24)23-9-3-4-17(13-23)15-26-2/h5-6,12,16-17H,3-4,7-11,13-15H2,1-2H3/t17-/m0/s1. The molecule has 1 atom stereocenters. The molecule has 144 valence electrons. The summed E-state index contributed by atoms with van der Waals surface area (Å²) in [7, 11) is 3.49. The zero-order chi connectivity index (χ0) is 18.4. The van der Waals surface area contributed by atoms with Crippen LogP contribution in [0.1, 0.15) is 36.0 Å². The summed E-state index contributed by atoms with van der Waals surface area (Å²) >= 11 is 0. The summed E-state index contributed by atoms with van der Waals surface area (Å²) in [5.74, 6) is 2.14. The summed E-state index contributed by atoms with van der Waals surface area (Å²) in [6.07, 6.45) is 6.17. The second kappa shape index (κ2) is 9.33. The molecule has 0 bridgehead atoms. The first-order chi connectivity index (χ1) is 12.7. The van der Waals surface area contributed by atoms with Crippen molar-refractivity contribution in [1.29, 1.82) is 0 Å². The number of anilines is 1. The number of methoxy groups -OCH3 is 2. The highest BCUT2D eigenvalue weighted by atomic mass is 16.5. The number of ether oxygens (including phenoxy) is 2. The maximum atomic E-state index is 12.8. The van der Waals surface area contributed by atoms with Gasteiger partial charge in [-0.1, -0.05) is 0 Å². The molecule has 1 aromatic heterocycles. The summed E-state index contributed by atoms with van der Waals surface area (Å²) < 4.78 is 10.5. The van der Waals surface area contributed by atoms with Gasteiger partial charge in [0.15, 0.2) is 0 Å². The molecule has 0 radical (unpaired) electrons. The van der Waals surface area contributed by atoms with Crippen LogP contribution in [0.4, 0.5) is 5.82 Å². The fraction of sp³-hybridized carbons (Fsp3) is 0.700. The summed E-state index contributed by atoms with van der Waals surface area (Å²) in [5.41, 5.74) is 0.682. The molecule has 1 amide bonds. The molecule has 26 heavy (non-hydrogen) atoms. The van der Waals surface area contributed by atoms with Gasteiger partial charge in [-0.25, -0.2) is 4.98 Å². The van der Waals surface area contributed by atoms with Crippen LogP contribution in [0, 0.1) is 11.8 Å². The summed E-state index contributed by atoms with van der Waals surface area (Å²) in [4.78, 5) is 21.6. The van der Waals surface area contributed by atoms with Crippen LogP contribution in [0.5, 0.6) is 0 Å². The molecule has 2 aliphatic heterocycles. The van der Waals surface area contributed by atoms with Crippen LogP contribution in [0.3, 0.4) is 0 Å². The van der Waals surface area contributed by atoms with Gasteiger partial charge in [0, 0.05) is 53.2 Å². The quantitative estimate of drug-likeness (QED) is 0.779. The highest BCUT2D eigenvalue weighted by molar-refractivity contribution is 5.94. The molecule has 0 unspecified atom stereocenters. The molecule has 0 aromatic carbocycles. The van der Waals surface area contributed by atoms with E-state index in [1.54, 1.807) is 20.4 Å². The molecular formula is C20H31N3O3. The lowest BCUT2D eigenvalue weighted by Gasteiger charge is -2.33. The topological polar surface area (TPSA) is 54.9 Å². The van der Waals surface area contributed by atoms with Gasteiger partial charge < -0.3 is 19.3 Å². The van der Waals surface area contributed by atoms with Gasteiger partial charge in [0.1, 0.15) is 5.82 Å². The first-order valence-corrected chi connectivity index (χ1v) is 9.69. The number of pyridine rings is 1. The van der Waals surface area contributed by atoms with Crippen LogP contribution < -0.4 is 4.90 Å². The lowest BCUT2D eigenvalue weighted by atomic mass is 9.97. The monoisotopic (exact) mass is 361 g/mol. The van der Waals surface area contributed by atoms with E-state index in [1.165, 1.54) is 0 Å². The third-order valence-electron chi connectivity index (χ3n) is 5.54. The van der Waals surface area contributed by atoms with E-state index in [-0.39, 0.29) is 5.91 Å².